The van der Waals surface area contributed by atoms with Gasteiger partial charge in [0.1, 0.15) is 15.9 Å². The summed E-state index contributed by atoms with van der Waals surface area (Å²) in [5.41, 5.74) is 5.97. The molecule has 6 nitrogen and oxygen atoms in total. The highest BCUT2D eigenvalue weighted by Crippen LogP contribution is 2.34. The van der Waals surface area contributed by atoms with Crippen molar-refractivity contribution in [1.82, 2.24) is 19.3 Å². The van der Waals surface area contributed by atoms with E-state index in [0.717, 1.165) is 25.6 Å². The van der Waals surface area contributed by atoms with E-state index in [1.807, 2.05) is 25.7 Å². The summed E-state index contributed by atoms with van der Waals surface area (Å²) < 4.78 is 16.2. The van der Waals surface area contributed by atoms with E-state index in [2.05, 4.69) is 25.9 Å². The third-order valence-corrected chi connectivity index (χ3v) is 5.35. The Morgan fingerprint density at radius 3 is 2.79 bits per heavy atom. The van der Waals surface area contributed by atoms with E-state index >= 15 is 0 Å². The SMILES string of the molecule is CCC(CN1CCC(C)(C)C1=O)c1nc(Br)c2c(N)ncc(F)n12. The highest BCUT2D eigenvalue weighted by Gasteiger charge is 2.39. The van der Waals surface area contributed by atoms with Gasteiger partial charge in [-0.2, -0.15) is 4.39 Å². The first kappa shape index (κ1) is 17.1. The Kier molecular flexibility index (Phi) is 4.27. The van der Waals surface area contributed by atoms with Crippen molar-refractivity contribution in [3.05, 3.63) is 22.6 Å². The first-order chi connectivity index (χ1) is 11.3. The molecule has 0 radical (unpaired) electrons. The molecule has 1 atom stereocenters. The minimum atomic E-state index is -0.515. The molecule has 3 heterocycles. The molecule has 0 bridgehead atoms. The van der Waals surface area contributed by atoms with Gasteiger partial charge in [-0.25, -0.2) is 9.97 Å². The van der Waals surface area contributed by atoms with Gasteiger partial charge in [-0.3, -0.25) is 9.20 Å². The van der Waals surface area contributed by atoms with E-state index in [1.165, 1.54) is 4.40 Å². The second kappa shape index (κ2) is 5.98. The minimum Gasteiger partial charge on any atom is -0.382 e. The Bertz CT molecular complexity index is 803. The molecule has 8 heteroatoms. The van der Waals surface area contributed by atoms with Gasteiger partial charge < -0.3 is 10.6 Å². The number of nitrogen functional groups attached to an aromatic ring is 1. The van der Waals surface area contributed by atoms with Crippen molar-refractivity contribution in [1.29, 1.82) is 0 Å². The fourth-order valence-corrected chi connectivity index (χ4v) is 3.81. The lowest BCUT2D eigenvalue weighted by molar-refractivity contribution is -0.134. The number of anilines is 1. The van der Waals surface area contributed by atoms with Crippen LogP contribution in [0.25, 0.3) is 5.52 Å². The number of hydrogen-bond acceptors (Lipinski definition) is 4. The molecule has 0 aromatic carbocycles. The Hall–Kier alpha value is -1.70. The van der Waals surface area contributed by atoms with Gasteiger partial charge in [0.05, 0.1) is 6.20 Å². The Morgan fingerprint density at radius 1 is 1.50 bits per heavy atom. The van der Waals surface area contributed by atoms with Crippen LogP contribution in [-0.4, -0.2) is 38.3 Å². The lowest BCUT2D eigenvalue weighted by Crippen LogP contribution is -2.34. The number of nitrogens with two attached hydrogens (primary N) is 1. The predicted octanol–water partition coefficient (Wildman–Crippen LogP) is 2.97. The van der Waals surface area contributed by atoms with E-state index in [4.69, 9.17) is 5.73 Å². The van der Waals surface area contributed by atoms with Crippen molar-refractivity contribution in [2.75, 3.05) is 18.8 Å². The maximum absolute atomic E-state index is 14.4. The molecule has 1 saturated heterocycles. The fourth-order valence-electron chi connectivity index (χ4n) is 3.25. The van der Waals surface area contributed by atoms with E-state index < -0.39 is 5.95 Å². The summed E-state index contributed by atoms with van der Waals surface area (Å²) in [6.45, 7) is 7.17. The second-order valence-electron chi connectivity index (χ2n) is 6.90. The van der Waals surface area contributed by atoms with Crippen LogP contribution in [0.3, 0.4) is 0 Å². The summed E-state index contributed by atoms with van der Waals surface area (Å²) in [5, 5.41) is 0. The average molecular weight is 398 g/mol. The van der Waals surface area contributed by atoms with Gasteiger partial charge in [0.2, 0.25) is 11.9 Å². The van der Waals surface area contributed by atoms with Crippen molar-refractivity contribution >= 4 is 33.2 Å². The Balaban J connectivity index is 1.99. The van der Waals surface area contributed by atoms with Crippen molar-refractivity contribution < 1.29 is 9.18 Å². The largest absolute Gasteiger partial charge is 0.382 e. The molecule has 0 aliphatic carbocycles. The van der Waals surface area contributed by atoms with Crippen molar-refractivity contribution in [3.63, 3.8) is 0 Å². The number of halogens is 2. The summed E-state index contributed by atoms with van der Waals surface area (Å²) >= 11 is 3.34. The van der Waals surface area contributed by atoms with Crippen molar-refractivity contribution in [2.45, 2.75) is 39.5 Å². The number of carbonyl (C=O) groups is 1. The van der Waals surface area contributed by atoms with Crippen LogP contribution in [0.2, 0.25) is 0 Å². The van der Waals surface area contributed by atoms with Gasteiger partial charge in [-0.1, -0.05) is 20.8 Å². The maximum Gasteiger partial charge on any atom is 0.228 e. The van der Waals surface area contributed by atoms with Crippen LogP contribution >= 0.6 is 15.9 Å². The molecule has 1 aliphatic rings. The molecule has 0 spiro atoms. The minimum absolute atomic E-state index is 0.0852. The fraction of sp³-hybridized carbons (Fsp3) is 0.562. The standard InChI is InChI=1S/C16H21BrFN5O/c1-4-9(8-22-6-5-16(2,3)15(22)24)14-21-12(17)11-13(19)20-7-10(18)23(11)14/h7,9H,4-6,8H2,1-3H3,(H2,19,20). The molecule has 1 aliphatic heterocycles. The molecule has 1 fully saturated rings. The molecular formula is C16H21BrFN5O. The van der Waals surface area contributed by atoms with Crippen molar-refractivity contribution in [3.8, 4) is 0 Å². The van der Waals surface area contributed by atoms with Crippen LogP contribution in [0.1, 0.15) is 45.4 Å². The lowest BCUT2D eigenvalue weighted by Gasteiger charge is -2.24. The van der Waals surface area contributed by atoms with E-state index in [1.54, 1.807) is 0 Å². The third-order valence-electron chi connectivity index (χ3n) is 4.80. The van der Waals surface area contributed by atoms with E-state index in [9.17, 15) is 9.18 Å². The smallest absolute Gasteiger partial charge is 0.228 e. The number of rotatable bonds is 4. The number of fused-ring (bicyclic) bond motifs is 1. The number of imidazole rings is 1. The Morgan fingerprint density at radius 2 is 2.21 bits per heavy atom. The van der Waals surface area contributed by atoms with Gasteiger partial charge in [-0.05, 0) is 28.8 Å². The van der Waals surface area contributed by atoms with Gasteiger partial charge in [-0.15, -0.1) is 0 Å². The highest BCUT2D eigenvalue weighted by molar-refractivity contribution is 9.10. The predicted molar refractivity (Wildman–Crippen MR) is 93.1 cm³/mol. The van der Waals surface area contributed by atoms with Crippen LogP contribution in [0.5, 0.6) is 0 Å². The van der Waals surface area contributed by atoms with E-state index in [-0.39, 0.29) is 23.1 Å². The summed E-state index contributed by atoms with van der Waals surface area (Å²) in [4.78, 5) is 22.7. The molecule has 2 aromatic heterocycles. The van der Waals surface area contributed by atoms with Crippen molar-refractivity contribution in [2.24, 2.45) is 5.41 Å². The molecule has 130 valence electrons. The van der Waals surface area contributed by atoms with Crippen LogP contribution in [0, 0.1) is 11.4 Å². The third kappa shape index (κ3) is 2.66. The quantitative estimate of drug-likeness (QED) is 0.859. The number of hydrogen-bond donors (Lipinski definition) is 1. The summed E-state index contributed by atoms with van der Waals surface area (Å²) in [6, 6.07) is 0. The lowest BCUT2D eigenvalue weighted by atomic mass is 9.92. The first-order valence-corrected chi connectivity index (χ1v) is 8.82. The number of aromatic nitrogens is 3. The molecule has 0 saturated carbocycles. The van der Waals surface area contributed by atoms with E-state index in [0.29, 0.717) is 22.5 Å². The van der Waals surface area contributed by atoms with Crippen LogP contribution in [0.4, 0.5) is 10.2 Å². The van der Waals surface area contributed by atoms with Crippen LogP contribution in [0.15, 0.2) is 10.8 Å². The molecular weight excluding hydrogens is 377 g/mol. The Labute approximate surface area is 148 Å². The van der Waals surface area contributed by atoms with Crippen LogP contribution < -0.4 is 5.73 Å². The number of amides is 1. The van der Waals surface area contributed by atoms with Gasteiger partial charge in [0, 0.05) is 24.4 Å². The average Bonchev–Trinajstić information content (AvgIpc) is 3.00. The summed E-state index contributed by atoms with van der Waals surface area (Å²) in [6.07, 6.45) is 2.66. The topological polar surface area (TPSA) is 76.5 Å². The van der Waals surface area contributed by atoms with Gasteiger partial charge in [0.15, 0.2) is 5.82 Å². The number of nitrogens with zero attached hydrogens (tertiary/aromatic N) is 4. The van der Waals surface area contributed by atoms with Gasteiger partial charge >= 0.3 is 0 Å². The highest BCUT2D eigenvalue weighted by atomic mass is 79.9. The summed E-state index contributed by atoms with van der Waals surface area (Å²) in [7, 11) is 0. The monoisotopic (exact) mass is 397 g/mol. The second-order valence-corrected chi connectivity index (χ2v) is 7.65. The normalized spacial score (nSPS) is 18.5. The zero-order chi connectivity index (χ0) is 17.6. The number of likely N-dealkylation sites (tertiary alicyclic amines) is 1. The van der Waals surface area contributed by atoms with Crippen LogP contribution in [-0.2, 0) is 4.79 Å². The van der Waals surface area contributed by atoms with Gasteiger partial charge in [0.25, 0.3) is 0 Å². The first-order valence-electron chi connectivity index (χ1n) is 8.03. The number of carbonyl (C=O) groups excluding carboxylic acids is 1. The summed E-state index contributed by atoms with van der Waals surface area (Å²) in [5.74, 6) is 0.318. The zero-order valence-electron chi connectivity index (χ0n) is 14.0. The molecule has 3 rings (SSSR count). The molecule has 24 heavy (non-hydrogen) atoms. The molecule has 2 N–H and O–H groups in total. The molecule has 1 unspecified atom stereocenters. The molecule has 1 amide bonds. The molecule has 2 aromatic rings. The maximum atomic E-state index is 14.4. The zero-order valence-corrected chi connectivity index (χ0v) is 15.6.